The minimum Gasteiger partial charge on any atom is -0.328 e. The zero-order valence-electron chi connectivity index (χ0n) is 11.8. The van der Waals surface area contributed by atoms with E-state index < -0.39 is 0 Å². The molecule has 1 aliphatic rings. The first-order valence-corrected chi connectivity index (χ1v) is 6.58. The van der Waals surface area contributed by atoms with Crippen molar-refractivity contribution in [2.24, 2.45) is 0 Å². The van der Waals surface area contributed by atoms with Gasteiger partial charge < -0.3 is 9.80 Å². The van der Waals surface area contributed by atoms with Gasteiger partial charge in [0.05, 0.1) is 6.67 Å². The van der Waals surface area contributed by atoms with Gasteiger partial charge in [0.1, 0.15) is 0 Å². The van der Waals surface area contributed by atoms with Crippen LogP contribution in [0.1, 0.15) is 11.1 Å². The molecule has 0 N–H and O–H groups in total. The molecule has 0 unspecified atom stereocenters. The van der Waals surface area contributed by atoms with E-state index in [9.17, 15) is 0 Å². The lowest BCUT2D eigenvalue weighted by Crippen LogP contribution is -2.25. The third kappa shape index (κ3) is 2.66. The first-order valence-electron chi connectivity index (χ1n) is 6.58. The van der Waals surface area contributed by atoms with Crippen molar-refractivity contribution in [3.8, 4) is 0 Å². The van der Waals surface area contributed by atoms with Crippen molar-refractivity contribution in [2.45, 2.75) is 13.8 Å². The molecule has 0 atom stereocenters. The van der Waals surface area contributed by atoms with Crippen LogP contribution >= 0.6 is 12.4 Å². The van der Waals surface area contributed by atoms with Gasteiger partial charge in [0.2, 0.25) is 0 Å². The quantitative estimate of drug-likeness (QED) is 0.803. The lowest BCUT2D eigenvalue weighted by Gasteiger charge is -2.23. The Labute approximate surface area is 126 Å². The molecule has 1 aliphatic heterocycles. The molecule has 3 heteroatoms. The largest absolute Gasteiger partial charge is 0.328 e. The fourth-order valence-corrected chi connectivity index (χ4v) is 2.50. The van der Waals surface area contributed by atoms with Crippen molar-refractivity contribution >= 4 is 23.8 Å². The van der Waals surface area contributed by atoms with Crippen LogP contribution < -0.4 is 9.80 Å². The number of hydrogen-bond acceptors (Lipinski definition) is 2. The Morgan fingerprint density at radius 2 is 1.10 bits per heavy atom. The maximum absolute atomic E-state index is 2.28. The van der Waals surface area contributed by atoms with Crippen LogP contribution in [0.3, 0.4) is 0 Å². The second kappa shape index (κ2) is 6.02. The molecule has 104 valence electrons. The monoisotopic (exact) mass is 286 g/mol. The van der Waals surface area contributed by atoms with Crippen LogP contribution in [-0.4, -0.2) is 6.67 Å². The van der Waals surface area contributed by atoms with Crippen molar-refractivity contribution in [1.82, 2.24) is 0 Å². The van der Waals surface area contributed by atoms with E-state index in [0.29, 0.717) is 0 Å². The maximum Gasteiger partial charge on any atom is 0.0989 e. The summed E-state index contributed by atoms with van der Waals surface area (Å²) in [6, 6.07) is 17.0. The van der Waals surface area contributed by atoms with Crippen molar-refractivity contribution in [3.63, 3.8) is 0 Å². The third-order valence-electron chi connectivity index (χ3n) is 3.58. The zero-order valence-corrected chi connectivity index (χ0v) is 12.6. The van der Waals surface area contributed by atoms with Gasteiger partial charge in [0.25, 0.3) is 0 Å². The van der Waals surface area contributed by atoms with Crippen LogP contribution in [-0.2, 0) is 0 Å². The molecular weight excluding hydrogens is 268 g/mol. The Kier molecular flexibility index (Phi) is 4.35. The summed E-state index contributed by atoms with van der Waals surface area (Å²) in [7, 11) is 0. The highest BCUT2D eigenvalue weighted by Gasteiger charge is 2.17. The van der Waals surface area contributed by atoms with Crippen LogP contribution in [0.4, 0.5) is 11.4 Å². The van der Waals surface area contributed by atoms with E-state index in [0.717, 1.165) is 6.67 Å². The Morgan fingerprint density at radius 3 is 1.50 bits per heavy atom. The van der Waals surface area contributed by atoms with Gasteiger partial charge in [-0.05, 0) is 37.1 Å². The van der Waals surface area contributed by atoms with Crippen molar-refractivity contribution in [3.05, 3.63) is 72.1 Å². The van der Waals surface area contributed by atoms with Gasteiger partial charge >= 0.3 is 0 Å². The third-order valence-corrected chi connectivity index (χ3v) is 3.58. The molecule has 0 fully saturated rings. The van der Waals surface area contributed by atoms with Crippen LogP contribution in [0, 0.1) is 13.8 Å². The predicted molar refractivity (Wildman–Crippen MR) is 88.6 cm³/mol. The number of aryl methyl sites for hydroxylation is 2. The fraction of sp³-hybridized carbons (Fsp3) is 0.176. The van der Waals surface area contributed by atoms with Gasteiger partial charge in [-0.15, -0.1) is 12.4 Å². The van der Waals surface area contributed by atoms with Crippen LogP contribution in [0.5, 0.6) is 0 Å². The van der Waals surface area contributed by atoms with Crippen molar-refractivity contribution < 1.29 is 0 Å². The number of nitrogens with zero attached hydrogens (tertiary/aromatic N) is 2. The topological polar surface area (TPSA) is 6.48 Å². The number of anilines is 2. The van der Waals surface area contributed by atoms with Crippen molar-refractivity contribution in [1.29, 1.82) is 0 Å². The highest BCUT2D eigenvalue weighted by atomic mass is 35.5. The number of benzene rings is 2. The van der Waals surface area contributed by atoms with Crippen LogP contribution in [0.2, 0.25) is 0 Å². The molecule has 0 aromatic heterocycles. The normalized spacial score (nSPS) is 13.5. The number of para-hydroxylation sites is 2. The first-order chi connectivity index (χ1) is 9.25. The minimum atomic E-state index is 0. The fourth-order valence-electron chi connectivity index (χ4n) is 2.50. The summed E-state index contributed by atoms with van der Waals surface area (Å²) in [6.07, 6.45) is 4.30. The molecule has 1 heterocycles. The zero-order chi connectivity index (χ0) is 13.2. The van der Waals surface area contributed by atoms with E-state index in [1.54, 1.807) is 0 Å². The summed E-state index contributed by atoms with van der Waals surface area (Å²) in [5, 5.41) is 0. The first kappa shape index (κ1) is 14.5. The van der Waals surface area contributed by atoms with Crippen LogP contribution in [0.15, 0.2) is 60.9 Å². The Morgan fingerprint density at radius 1 is 0.700 bits per heavy atom. The molecule has 0 saturated carbocycles. The predicted octanol–water partition coefficient (Wildman–Crippen LogP) is 4.48. The summed E-state index contributed by atoms with van der Waals surface area (Å²) in [5.74, 6) is 0. The number of halogens is 1. The molecular formula is C17H19ClN2. The molecule has 0 radical (unpaired) electrons. The highest BCUT2D eigenvalue weighted by molar-refractivity contribution is 5.85. The molecule has 20 heavy (non-hydrogen) atoms. The smallest absolute Gasteiger partial charge is 0.0989 e. The van der Waals surface area contributed by atoms with E-state index in [1.165, 1.54) is 22.5 Å². The maximum atomic E-state index is 2.28. The number of rotatable bonds is 2. The second-order valence-electron chi connectivity index (χ2n) is 4.95. The molecule has 2 nitrogen and oxygen atoms in total. The Bertz CT molecular complexity index is 568. The van der Waals surface area contributed by atoms with E-state index in [4.69, 9.17) is 0 Å². The van der Waals surface area contributed by atoms with Gasteiger partial charge in [-0.3, -0.25) is 0 Å². The highest BCUT2D eigenvalue weighted by Crippen LogP contribution is 2.27. The lowest BCUT2D eigenvalue weighted by molar-refractivity contribution is 0.966. The Hall–Kier alpha value is -1.93. The van der Waals surface area contributed by atoms with E-state index in [-0.39, 0.29) is 12.4 Å². The number of hydrogen-bond donors (Lipinski definition) is 0. The van der Waals surface area contributed by atoms with E-state index in [1.807, 2.05) is 0 Å². The summed E-state index contributed by atoms with van der Waals surface area (Å²) >= 11 is 0. The molecule has 0 aliphatic carbocycles. The lowest BCUT2D eigenvalue weighted by atomic mass is 10.2. The van der Waals surface area contributed by atoms with Gasteiger partial charge in [-0.25, -0.2) is 0 Å². The Balaban J connectivity index is 0.00000147. The molecule has 2 aromatic carbocycles. The summed E-state index contributed by atoms with van der Waals surface area (Å²) in [5.41, 5.74) is 5.15. The van der Waals surface area contributed by atoms with Gasteiger partial charge in [-0.2, -0.15) is 0 Å². The van der Waals surface area contributed by atoms with Crippen LogP contribution in [0.25, 0.3) is 0 Å². The average Bonchev–Trinajstić information content (AvgIpc) is 2.89. The molecule has 3 rings (SSSR count). The molecule has 0 spiro atoms. The summed E-state index contributed by atoms with van der Waals surface area (Å²) in [4.78, 5) is 4.56. The van der Waals surface area contributed by atoms with E-state index in [2.05, 4.69) is 84.6 Å². The average molecular weight is 287 g/mol. The molecule has 0 amide bonds. The molecule has 2 aromatic rings. The van der Waals surface area contributed by atoms with E-state index >= 15 is 0 Å². The van der Waals surface area contributed by atoms with Gasteiger partial charge in [0.15, 0.2) is 0 Å². The standard InChI is InChI=1S/C17H18N2.ClH/c1-14-7-3-5-9-16(14)18-11-12-19(13-18)17-10-6-4-8-15(17)2;/h3-12H,13H2,1-2H3;1H. The SMILES string of the molecule is Cc1ccccc1N1C=CN(c2ccccc2C)C1.Cl. The van der Waals surface area contributed by atoms with Gasteiger partial charge in [0, 0.05) is 23.8 Å². The molecule has 0 bridgehead atoms. The summed E-state index contributed by atoms with van der Waals surface area (Å²) in [6.45, 7) is 5.18. The summed E-state index contributed by atoms with van der Waals surface area (Å²) < 4.78 is 0. The second-order valence-corrected chi connectivity index (χ2v) is 4.95. The van der Waals surface area contributed by atoms with Gasteiger partial charge in [-0.1, -0.05) is 36.4 Å². The van der Waals surface area contributed by atoms with Crippen molar-refractivity contribution in [2.75, 3.05) is 16.5 Å². The molecule has 0 saturated heterocycles. The minimum absolute atomic E-state index is 0.